The van der Waals surface area contributed by atoms with Crippen LogP contribution >= 0.6 is 0 Å². The topological polar surface area (TPSA) is 71.2 Å². The van der Waals surface area contributed by atoms with Crippen molar-refractivity contribution in [3.05, 3.63) is 42.4 Å². The van der Waals surface area contributed by atoms with Gasteiger partial charge in [-0.3, -0.25) is 9.88 Å². The molecular weight excluding hydrogens is 304 g/mol. The van der Waals surface area contributed by atoms with Crippen molar-refractivity contribution in [3.63, 3.8) is 0 Å². The number of oxazole rings is 1. The van der Waals surface area contributed by atoms with Gasteiger partial charge in [-0.15, -0.1) is 0 Å². The average Bonchev–Trinajstić information content (AvgIpc) is 3.24. The molecule has 0 aliphatic carbocycles. The highest BCUT2D eigenvalue weighted by molar-refractivity contribution is 5.71. The molecule has 1 aliphatic rings. The van der Waals surface area contributed by atoms with E-state index in [-0.39, 0.29) is 0 Å². The van der Waals surface area contributed by atoms with E-state index in [4.69, 9.17) is 4.42 Å². The van der Waals surface area contributed by atoms with E-state index < -0.39 is 0 Å². The molecular formula is C17H20N6O. The molecule has 0 amide bonds. The Balaban J connectivity index is 1.46. The fourth-order valence-corrected chi connectivity index (χ4v) is 3.18. The lowest BCUT2D eigenvalue weighted by molar-refractivity contribution is 0.247. The fraction of sp³-hybridized carbons (Fsp3) is 0.412. The molecule has 0 spiro atoms. The molecule has 4 rings (SSSR count). The quantitative estimate of drug-likeness (QED) is 0.727. The van der Waals surface area contributed by atoms with Crippen molar-refractivity contribution in [2.24, 2.45) is 0 Å². The molecule has 0 radical (unpaired) electrons. The molecule has 7 heteroatoms. The summed E-state index contributed by atoms with van der Waals surface area (Å²) in [4.78, 5) is 22.2. The maximum atomic E-state index is 5.29. The zero-order valence-electron chi connectivity index (χ0n) is 13.9. The van der Waals surface area contributed by atoms with Crippen LogP contribution in [-0.4, -0.2) is 51.0 Å². The summed E-state index contributed by atoms with van der Waals surface area (Å²) in [6, 6.07) is 4.49. The van der Waals surface area contributed by atoms with Gasteiger partial charge in [0.15, 0.2) is 12.0 Å². The Kier molecular flexibility index (Phi) is 3.86. The van der Waals surface area contributed by atoms with Gasteiger partial charge in [-0.2, -0.15) is 0 Å². The lowest BCUT2D eigenvalue weighted by Crippen LogP contribution is -2.34. The summed E-state index contributed by atoms with van der Waals surface area (Å²) in [5, 5.41) is 0. The number of fused-ring (bicyclic) bond motifs is 1. The third-order valence-corrected chi connectivity index (χ3v) is 4.67. The van der Waals surface area contributed by atoms with E-state index in [2.05, 4.69) is 36.8 Å². The van der Waals surface area contributed by atoms with E-state index in [0.717, 1.165) is 48.8 Å². The normalized spacial score (nSPS) is 18.0. The van der Waals surface area contributed by atoms with Crippen LogP contribution in [0.1, 0.15) is 17.9 Å². The van der Waals surface area contributed by atoms with Crippen LogP contribution in [0.4, 0.5) is 5.82 Å². The molecule has 3 aromatic rings. The smallest absolute Gasteiger partial charge is 0.181 e. The van der Waals surface area contributed by atoms with Gasteiger partial charge in [0.05, 0.1) is 5.69 Å². The largest absolute Gasteiger partial charge is 0.448 e. The number of pyridine rings is 1. The van der Waals surface area contributed by atoms with Gasteiger partial charge in [-0.1, -0.05) is 0 Å². The summed E-state index contributed by atoms with van der Waals surface area (Å²) >= 11 is 0. The fourth-order valence-electron chi connectivity index (χ4n) is 3.18. The molecule has 24 heavy (non-hydrogen) atoms. The highest BCUT2D eigenvalue weighted by Gasteiger charge is 2.27. The Morgan fingerprint density at radius 3 is 2.96 bits per heavy atom. The highest BCUT2D eigenvalue weighted by Crippen LogP contribution is 2.23. The number of likely N-dealkylation sites (N-methyl/N-ethyl adjacent to an activating group) is 1. The van der Waals surface area contributed by atoms with Gasteiger partial charge in [0, 0.05) is 38.1 Å². The molecule has 0 N–H and O–H groups in total. The Morgan fingerprint density at radius 1 is 1.25 bits per heavy atom. The van der Waals surface area contributed by atoms with Crippen molar-refractivity contribution in [1.29, 1.82) is 0 Å². The van der Waals surface area contributed by atoms with Crippen LogP contribution in [0.25, 0.3) is 11.2 Å². The molecule has 7 nitrogen and oxygen atoms in total. The zero-order chi connectivity index (χ0) is 16.5. The van der Waals surface area contributed by atoms with Crippen molar-refractivity contribution < 1.29 is 4.42 Å². The minimum Gasteiger partial charge on any atom is -0.448 e. The summed E-state index contributed by atoms with van der Waals surface area (Å²) in [5.41, 5.74) is 2.54. The Morgan fingerprint density at radius 2 is 2.12 bits per heavy atom. The van der Waals surface area contributed by atoms with Gasteiger partial charge >= 0.3 is 0 Å². The first-order valence-electron chi connectivity index (χ1n) is 8.12. The van der Waals surface area contributed by atoms with Crippen LogP contribution in [0.5, 0.6) is 0 Å². The van der Waals surface area contributed by atoms with E-state index in [0.29, 0.717) is 11.7 Å². The van der Waals surface area contributed by atoms with Gasteiger partial charge in [-0.05, 0) is 32.5 Å². The summed E-state index contributed by atoms with van der Waals surface area (Å²) in [5.74, 6) is 1.86. The number of aryl methyl sites for hydroxylation is 1. The van der Waals surface area contributed by atoms with E-state index in [1.54, 1.807) is 12.4 Å². The predicted octanol–water partition coefficient (Wildman–Crippen LogP) is 2.03. The molecule has 4 heterocycles. The number of anilines is 1. The van der Waals surface area contributed by atoms with Crippen LogP contribution in [0.3, 0.4) is 0 Å². The van der Waals surface area contributed by atoms with E-state index in [1.165, 1.54) is 6.39 Å². The third-order valence-electron chi connectivity index (χ3n) is 4.67. The van der Waals surface area contributed by atoms with Crippen LogP contribution in [0.15, 0.2) is 35.3 Å². The minimum atomic E-state index is 0.473. The van der Waals surface area contributed by atoms with Gasteiger partial charge in [-0.25, -0.2) is 15.0 Å². The van der Waals surface area contributed by atoms with Gasteiger partial charge in [0.25, 0.3) is 0 Å². The molecule has 1 fully saturated rings. The Hall–Kier alpha value is -2.54. The van der Waals surface area contributed by atoms with Crippen molar-refractivity contribution in [2.75, 3.05) is 25.0 Å². The molecule has 3 aromatic heterocycles. The lowest BCUT2D eigenvalue weighted by atomic mass is 10.2. The van der Waals surface area contributed by atoms with E-state index in [9.17, 15) is 0 Å². The molecule has 1 saturated heterocycles. The van der Waals surface area contributed by atoms with Crippen molar-refractivity contribution in [2.45, 2.75) is 25.9 Å². The van der Waals surface area contributed by atoms with Crippen LogP contribution < -0.4 is 4.90 Å². The van der Waals surface area contributed by atoms with Crippen LogP contribution in [0.2, 0.25) is 0 Å². The van der Waals surface area contributed by atoms with Crippen molar-refractivity contribution >= 4 is 17.0 Å². The standard InChI is InChI=1S/C17H20N6O/c1-12-15(20-11-24-12)10-22(2)13-5-8-23(9-13)16-4-3-14-17(21-16)19-7-6-18-14/h3-4,6-7,11,13H,5,8-10H2,1-2H3. The lowest BCUT2D eigenvalue weighted by Gasteiger charge is -2.24. The highest BCUT2D eigenvalue weighted by atomic mass is 16.3. The monoisotopic (exact) mass is 324 g/mol. The number of aromatic nitrogens is 4. The Bertz CT molecular complexity index is 848. The first-order valence-corrected chi connectivity index (χ1v) is 8.12. The van der Waals surface area contributed by atoms with E-state index >= 15 is 0 Å². The third kappa shape index (κ3) is 2.82. The molecule has 1 unspecified atom stereocenters. The van der Waals surface area contributed by atoms with Crippen molar-refractivity contribution in [3.8, 4) is 0 Å². The number of hydrogen-bond donors (Lipinski definition) is 0. The summed E-state index contributed by atoms with van der Waals surface area (Å²) in [6.07, 6.45) is 5.99. The zero-order valence-corrected chi connectivity index (χ0v) is 13.9. The molecule has 0 aromatic carbocycles. The summed E-state index contributed by atoms with van der Waals surface area (Å²) in [7, 11) is 2.14. The molecule has 1 aliphatic heterocycles. The van der Waals surface area contributed by atoms with E-state index in [1.807, 2.05) is 19.1 Å². The second kappa shape index (κ2) is 6.16. The molecule has 1 atom stereocenters. The maximum Gasteiger partial charge on any atom is 0.181 e. The van der Waals surface area contributed by atoms with Gasteiger partial charge in [0.1, 0.15) is 17.1 Å². The second-order valence-electron chi connectivity index (χ2n) is 6.23. The first kappa shape index (κ1) is 15.0. The van der Waals surface area contributed by atoms with Gasteiger partial charge in [0.2, 0.25) is 0 Å². The first-order chi connectivity index (χ1) is 11.7. The SMILES string of the molecule is Cc1ocnc1CN(C)C1CCN(c2ccc3nccnc3n2)C1. The predicted molar refractivity (Wildman–Crippen MR) is 90.7 cm³/mol. The molecule has 0 saturated carbocycles. The molecule has 124 valence electrons. The average molecular weight is 324 g/mol. The van der Waals surface area contributed by atoms with Crippen LogP contribution in [0, 0.1) is 6.92 Å². The van der Waals surface area contributed by atoms with Gasteiger partial charge < -0.3 is 9.32 Å². The maximum absolute atomic E-state index is 5.29. The summed E-state index contributed by atoms with van der Waals surface area (Å²) < 4.78 is 5.29. The van der Waals surface area contributed by atoms with Crippen LogP contribution in [-0.2, 0) is 6.54 Å². The van der Waals surface area contributed by atoms with Crippen molar-refractivity contribution in [1.82, 2.24) is 24.8 Å². The Labute approximate surface area is 140 Å². The summed E-state index contributed by atoms with van der Waals surface area (Å²) in [6.45, 7) is 4.70. The number of nitrogens with zero attached hydrogens (tertiary/aromatic N) is 6. The molecule has 0 bridgehead atoms. The number of rotatable bonds is 4. The minimum absolute atomic E-state index is 0.473. The number of hydrogen-bond acceptors (Lipinski definition) is 7. The second-order valence-corrected chi connectivity index (χ2v) is 6.23.